The van der Waals surface area contributed by atoms with Crippen LogP contribution in [0.2, 0.25) is 0 Å². The van der Waals surface area contributed by atoms with E-state index in [1.165, 1.54) is 24.5 Å². The van der Waals surface area contributed by atoms with Crippen molar-refractivity contribution in [2.45, 2.75) is 13.0 Å². The van der Waals surface area contributed by atoms with Gasteiger partial charge >= 0.3 is 0 Å². The predicted octanol–water partition coefficient (Wildman–Crippen LogP) is 3.68. The van der Waals surface area contributed by atoms with Crippen LogP contribution in [0.15, 0.2) is 67.1 Å². The molecule has 7 heteroatoms. The smallest absolute Gasteiger partial charge is 0.271 e. The van der Waals surface area contributed by atoms with Crippen LogP contribution < -0.4 is 10.6 Å². The highest BCUT2D eigenvalue weighted by atomic mass is 19.1. The molecule has 29 heavy (non-hydrogen) atoms. The first-order chi connectivity index (χ1) is 14.2. The van der Waals surface area contributed by atoms with E-state index in [1.54, 1.807) is 12.1 Å². The van der Waals surface area contributed by atoms with E-state index in [9.17, 15) is 9.18 Å². The number of rotatable bonds is 7. The number of nitrogens with zero attached hydrogens (tertiary/aromatic N) is 2. The molecule has 0 saturated carbocycles. The second-order valence-electron chi connectivity index (χ2n) is 6.63. The van der Waals surface area contributed by atoms with Crippen LogP contribution in [0.25, 0.3) is 10.9 Å². The van der Waals surface area contributed by atoms with Gasteiger partial charge in [-0.2, -0.15) is 0 Å². The van der Waals surface area contributed by atoms with Gasteiger partial charge in [0.25, 0.3) is 5.91 Å². The van der Waals surface area contributed by atoms with E-state index >= 15 is 0 Å². The van der Waals surface area contributed by atoms with Gasteiger partial charge in [-0.3, -0.25) is 4.79 Å². The molecule has 146 valence electrons. The SMILES string of the molecule is O=C(NCCc1c[nH]c2ccccc12)c1cnc(NCc2ccc(F)cc2)cn1. The molecule has 0 atom stereocenters. The number of hydrogen-bond donors (Lipinski definition) is 3. The lowest BCUT2D eigenvalue weighted by atomic mass is 10.1. The first kappa shape index (κ1) is 18.6. The number of carbonyl (C=O) groups is 1. The van der Waals surface area contributed by atoms with Gasteiger partial charge in [0.1, 0.15) is 17.3 Å². The minimum Gasteiger partial charge on any atom is -0.365 e. The Morgan fingerprint density at radius 2 is 1.86 bits per heavy atom. The Kier molecular flexibility index (Phi) is 5.47. The quantitative estimate of drug-likeness (QED) is 0.450. The number of fused-ring (bicyclic) bond motifs is 1. The molecule has 0 aliphatic carbocycles. The summed E-state index contributed by atoms with van der Waals surface area (Å²) in [5.74, 6) is 0.0145. The van der Waals surface area contributed by atoms with Crippen LogP contribution in [-0.2, 0) is 13.0 Å². The third-order valence-electron chi connectivity index (χ3n) is 4.63. The number of hydrogen-bond acceptors (Lipinski definition) is 4. The topological polar surface area (TPSA) is 82.7 Å². The van der Waals surface area contributed by atoms with Gasteiger partial charge in [0.15, 0.2) is 0 Å². The summed E-state index contributed by atoms with van der Waals surface area (Å²) in [6, 6.07) is 14.3. The van der Waals surface area contributed by atoms with E-state index in [1.807, 2.05) is 24.4 Å². The second-order valence-corrected chi connectivity index (χ2v) is 6.63. The van der Waals surface area contributed by atoms with E-state index < -0.39 is 0 Å². The van der Waals surface area contributed by atoms with Crippen molar-refractivity contribution in [1.29, 1.82) is 0 Å². The van der Waals surface area contributed by atoms with Gasteiger partial charge in [-0.05, 0) is 35.7 Å². The van der Waals surface area contributed by atoms with Crippen molar-refractivity contribution >= 4 is 22.6 Å². The van der Waals surface area contributed by atoms with Crippen molar-refractivity contribution in [1.82, 2.24) is 20.3 Å². The van der Waals surface area contributed by atoms with Crippen molar-refractivity contribution in [2.24, 2.45) is 0 Å². The molecule has 0 aliphatic rings. The summed E-state index contributed by atoms with van der Waals surface area (Å²) in [4.78, 5) is 23.9. The van der Waals surface area contributed by atoms with Gasteiger partial charge in [0, 0.05) is 30.2 Å². The van der Waals surface area contributed by atoms with Crippen LogP contribution in [0.4, 0.5) is 10.2 Å². The van der Waals surface area contributed by atoms with Crippen molar-refractivity contribution in [2.75, 3.05) is 11.9 Å². The van der Waals surface area contributed by atoms with Gasteiger partial charge < -0.3 is 15.6 Å². The number of carbonyl (C=O) groups excluding carboxylic acids is 1. The predicted molar refractivity (Wildman–Crippen MR) is 110 cm³/mol. The van der Waals surface area contributed by atoms with Crippen LogP contribution in [0, 0.1) is 5.82 Å². The molecule has 0 radical (unpaired) electrons. The molecule has 4 rings (SSSR count). The number of nitrogens with one attached hydrogen (secondary N) is 3. The molecule has 0 bridgehead atoms. The zero-order valence-corrected chi connectivity index (χ0v) is 15.7. The Labute approximate surface area is 167 Å². The minimum atomic E-state index is -0.270. The van der Waals surface area contributed by atoms with Crippen molar-refractivity contribution < 1.29 is 9.18 Å². The number of amides is 1. The van der Waals surface area contributed by atoms with E-state index in [0.29, 0.717) is 18.9 Å². The van der Waals surface area contributed by atoms with Gasteiger partial charge in [0.2, 0.25) is 0 Å². The number of aromatic amines is 1. The third kappa shape index (κ3) is 4.57. The molecule has 4 aromatic rings. The standard InChI is InChI=1S/C22H20FN5O/c23-17-7-5-15(6-8-17)11-27-21-14-26-20(13-28-21)22(29)24-10-9-16-12-25-19-4-2-1-3-18(16)19/h1-8,12-14,25H,9-11H2,(H,24,29)(H,27,28). The minimum absolute atomic E-state index is 0.260. The zero-order valence-electron chi connectivity index (χ0n) is 15.7. The van der Waals surface area contributed by atoms with Crippen LogP contribution in [0.5, 0.6) is 0 Å². The summed E-state index contributed by atoms with van der Waals surface area (Å²) >= 11 is 0. The van der Waals surface area contributed by atoms with Crippen molar-refractivity contribution in [3.05, 3.63) is 89.8 Å². The van der Waals surface area contributed by atoms with Crippen molar-refractivity contribution in [3.63, 3.8) is 0 Å². The maximum absolute atomic E-state index is 12.9. The molecule has 0 aliphatic heterocycles. The molecule has 2 aromatic carbocycles. The normalized spacial score (nSPS) is 10.8. The molecular weight excluding hydrogens is 369 g/mol. The second kappa shape index (κ2) is 8.52. The maximum atomic E-state index is 12.9. The molecule has 2 heterocycles. The Bertz CT molecular complexity index is 1110. The fourth-order valence-corrected chi connectivity index (χ4v) is 3.07. The Morgan fingerprint density at radius 3 is 2.66 bits per heavy atom. The number of anilines is 1. The summed E-state index contributed by atoms with van der Waals surface area (Å²) in [6.45, 7) is 0.998. The van der Waals surface area contributed by atoms with Crippen LogP contribution >= 0.6 is 0 Å². The lowest BCUT2D eigenvalue weighted by Gasteiger charge is -2.07. The van der Waals surface area contributed by atoms with Crippen molar-refractivity contribution in [3.8, 4) is 0 Å². The largest absolute Gasteiger partial charge is 0.365 e. The summed E-state index contributed by atoms with van der Waals surface area (Å²) in [5.41, 5.74) is 3.43. The highest BCUT2D eigenvalue weighted by Crippen LogP contribution is 2.17. The summed E-state index contributed by atoms with van der Waals surface area (Å²) in [6.07, 6.45) is 5.64. The Balaban J connectivity index is 1.28. The first-order valence-corrected chi connectivity index (χ1v) is 9.32. The van der Waals surface area contributed by atoms with E-state index in [0.717, 1.165) is 28.5 Å². The number of aromatic nitrogens is 3. The average Bonchev–Trinajstić information content (AvgIpc) is 3.17. The highest BCUT2D eigenvalue weighted by Gasteiger charge is 2.09. The monoisotopic (exact) mass is 389 g/mol. The van der Waals surface area contributed by atoms with Gasteiger partial charge in [-0.25, -0.2) is 14.4 Å². The number of benzene rings is 2. The van der Waals surface area contributed by atoms with E-state index in [4.69, 9.17) is 0 Å². The molecule has 2 aromatic heterocycles. The molecule has 1 amide bonds. The number of para-hydroxylation sites is 1. The van der Waals surface area contributed by atoms with Gasteiger partial charge in [-0.15, -0.1) is 0 Å². The van der Waals surface area contributed by atoms with Gasteiger partial charge in [0.05, 0.1) is 12.4 Å². The third-order valence-corrected chi connectivity index (χ3v) is 4.63. The van der Waals surface area contributed by atoms with Gasteiger partial charge in [-0.1, -0.05) is 30.3 Å². The summed E-state index contributed by atoms with van der Waals surface area (Å²) in [7, 11) is 0. The molecule has 0 unspecified atom stereocenters. The molecular formula is C22H20FN5O. The average molecular weight is 389 g/mol. The lowest BCUT2D eigenvalue weighted by Crippen LogP contribution is -2.26. The molecule has 0 fully saturated rings. The molecule has 6 nitrogen and oxygen atoms in total. The van der Waals surface area contributed by atoms with Crippen LogP contribution in [0.1, 0.15) is 21.6 Å². The Hall–Kier alpha value is -3.74. The lowest BCUT2D eigenvalue weighted by molar-refractivity contribution is 0.0949. The molecule has 0 saturated heterocycles. The molecule has 3 N–H and O–H groups in total. The number of H-pyrrole nitrogens is 1. The van der Waals surface area contributed by atoms with E-state index in [2.05, 4.69) is 31.7 Å². The zero-order chi connectivity index (χ0) is 20.1. The molecule has 0 spiro atoms. The van der Waals surface area contributed by atoms with E-state index in [-0.39, 0.29) is 17.4 Å². The number of halogens is 1. The highest BCUT2D eigenvalue weighted by molar-refractivity contribution is 5.92. The first-order valence-electron chi connectivity index (χ1n) is 9.32. The van der Waals surface area contributed by atoms with Crippen LogP contribution in [-0.4, -0.2) is 27.4 Å². The fourth-order valence-electron chi connectivity index (χ4n) is 3.07. The Morgan fingerprint density at radius 1 is 1.03 bits per heavy atom. The van der Waals surface area contributed by atoms with Crippen LogP contribution in [0.3, 0.4) is 0 Å². The summed E-state index contributed by atoms with van der Waals surface area (Å²) < 4.78 is 12.9. The maximum Gasteiger partial charge on any atom is 0.271 e. The fraction of sp³-hybridized carbons (Fsp3) is 0.136. The summed E-state index contributed by atoms with van der Waals surface area (Å²) in [5, 5.41) is 7.13.